The van der Waals surface area contributed by atoms with Gasteiger partial charge < -0.3 is 10.1 Å². The molecule has 1 N–H and O–H groups in total. The Kier molecular flexibility index (Phi) is 7.25. The highest BCUT2D eigenvalue weighted by Crippen LogP contribution is 2.44. The van der Waals surface area contributed by atoms with E-state index in [9.17, 15) is 0 Å². The Balaban J connectivity index is 2.79. The Hall–Kier alpha value is -0.340. The second-order valence-corrected chi connectivity index (χ2v) is 7.03. The first-order chi connectivity index (χ1) is 9.49. The predicted molar refractivity (Wildman–Crippen MR) is 88.1 cm³/mol. The first kappa shape index (κ1) is 17.7. The standard InChI is InChI=1S/C18H35NO/c1-6-9-10-16(19-15-7-2)18(20-8-3)13-11-17(4,5)12-14-18/h6,16,19H,1,7-15H2,2-5H3. The van der Waals surface area contributed by atoms with E-state index in [0.29, 0.717) is 11.5 Å². The van der Waals surface area contributed by atoms with Gasteiger partial charge in [0.25, 0.3) is 0 Å². The molecule has 1 rings (SSSR count). The second kappa shape index (κ2) is 8.19. The summed E-state index contributed by atoms with van der Waals surface area (Å²) in [7, 11) is 0. The zero-order valence-corrected chi connectivity index (χ0v) is 14.1. The Morgan fingerprint density at radius 2 is 1.85 bits per heavy atom. The van der Waals surface area contributed by atoms with Crippen LogP contribution in [0.5, 0.6) is 0 Å². The zero-order chi connectivity index (χ0) is 15.1. The Morgan fingerprint density at radius 1 is 1.20 bits per heavy atom. The van der Waals surface area contributed by atoms with E-state index >= 15 is 0 Å². The molecule has 0 bridgehead atoms. The molecule has 0 saturated heterocycles. The molecule has 1 aliphatic carbocycles. The van der Waals surface area contributed by atoms with Crippen LogP contribution in [0.2, 0.25) is 0 Å². The Labute approximate surface area is 126 Å². The van der Waals surface area contributed by atoms with Gasteiger partial charge >= 0.3 is 0 Å². The fourth-order valence-electron chi connectivity index (χ4n) is 3.39. The van der Waals surface area contributed by atoms with Crippen LogP contribution in [0, 0.1) is 5.41 Å². The van der Waals surface area contributed by atoms with Crippen LogP contribution in [0.25, 0.3) is 0 Å². The molecule has 2 nitrogen and oxygen atoms in total. The molecule has 1 aliphatic rings. The highest BCUT2D eigenvalue weighted by molar-refractivity contribution is 4.99. The zero-order valence-electron chi connectivity index (χ0n) is 14.1. The number of ether oxygens (including phenoxy) is 1. The molecule has 0 aliphatic heterocycles. The van der Waals surface area contributed by atoms with Gasteiger partial charge in [-0.1, -0.05) is 26.8 Å². The molecule has 2 heteroatoms. The third-order valence-corrected chi connectivity index (χ3v) is 4.82. The monoisotopic (exact) mass is 281 g/mol. The number of rotatable bonds is 9. The van der Waals surface area contributed by atoms with Gasteiger partial charge in [0.2, 0.25) is 0 Å². The lowest BCUT2D eigenvalue weighted by Gasteiger charge is -2.48. The van der Waals surface area contributed by atoms with Crippen LogP contribution in [-0.4, -0.2) is 24.8 Å². The highest BCUT2D eigenvalue weighted by atomic mass is 16.5. The number of nitrogens with one attached hydrogen (secondary N) is 1. The molecule has 0 heterocycles. The molecule has 20 heavy (non-hydrogen) atoms. The predicted octanol–water partition coefficient (Wildman–Crippen LogP) is 4.70. The van der Waals surface area contributed by atoms with Crippen LogP contribution in [0.15, 0.2) is 12.7 Å². The lowest BCUT2D eigenvalue weighted by molar-refractivity contribution is -0.107. The fourth-order valence-corrected chi connectivity index (χ4v) is 3.39. The first-order valence-electron chi connectivity index (χ1n) is 8.48. The summed E-state index contributed by atoms with van der Waals surface area (Å²) in [6, 6.07) is 0.469. The first-order valence-corrected chi connectivity index (χ1v) is 8.48. The third-order valence-electron chi connectivity index (χ3n) is 4.82. The van der Waals surface area contributed by atoms with E-state index in [4.69, 9.17) is 4.74 Å². The van der Waals surface area contributed by atoms with E-state index in [0.717, 1.165) is 26.0 Å². The molecule has 1 unspecified atom stereocenters. The van der Waals surface area contributed by atoms with Crippen molar-refractivity contribution in [2.45, 2.75) is 84.3 Å². The fraction of sp³-hybridized carbons (Fsp3) is 0.889. The normalized spacial score (nSPS) is 22.4. The third kappa shape index (κ3) is 4.89. The molecule has 0 spiro atoms. The average Bonchev–Trinajstić information content (AvgIpc) is 2.42. The molecule has 0 radical (unpaired) electrons. The van der Waals surface area contributed by atoms with Crippen molar-refractivity contribution in [1.82, 2.24) is 5.32 Å². The van der Waals surface area contributed by atoms with E-state index in [1.54, 1.807) is 0 Å². The van der Waals surface area contributed by atoms with Crippen molar-refractivity contribution in [3.63, 3.8) is 0 Å². The lowest BCUT2D eigenvalue weighted by Crippen LogP contribution is -2.55. The topological polar surface area (TPSA) is 21.3 Å². The largest absolute Gasteiger partial charge is 0.374 e. The average molecular weight is 281 g/mol. The van der Waals surface area contributed by atoms with E-state index in [-0.39, 0.29) is 5.60 Å². The summed E-state index contributed by atoms with van der Waals surface area (Å²) in [5.74, 6) is 0. The molecule has 0 aromatic rings. The molecular formula is C18H35NO. The van der Waals surface area contributed by atoms with Crippen molar-refractivity contribution in [3.8, 4) is 0 Å². The Bertz CT molecular complexity index is 275. The summed E-state index contributed by atoms with van der Waals surface area (Å²) >= 11 is 0. The maximum absolute atomic E-state index is 6.32. The summed E-state index contributed by atoms with van der Waals surface area (Å²) in [6.45, 7) is 14.9. The van der Waals surface area contributed by atoms with E-state index in [2.05, 4.69) is 39.6 Å². The summed E-state index contributed by atoms with van der Waals surface area (Å²) in [4.78, 5) is 0. The van der Waals surface area contributed by atoms with Crippen molar-refractivity contribution < 1.29 is 4.74 Å². The molecule has 0 aromatic carbocycles. The minimum Gasteiger partial charge on any atom is -0.374 e. The van der Waals surface area contributed by atoms with Crippen LogP contribution in [-0.2, 0) is 4.74 Å². The maximum atomic E-state index is 6.32. The van der Waals surface area contributed by atoms with Crippen LogP contribution >= 0.6 is 0 Å². The summed E-state index contributed by atoms with van der Waals surface area (Å²) in [5.41, 5.74) is 0.525. The molecule has 0 amide bonds. The number of hydrogen-bond acceptors (Lipinski definition) is 2. The van der Waals surface area contributed by atoms with E-state index < -0.39 is 0 Å². The van der Waals surface area contributed by atoms with Crippen molar-refractivity contribution in [2.75, 3.05) is 13.2 Å². The van der Waals surface area contributed by atoms with Crippen molar-refractivity contribution >= 4 is 0 Å². The summed E-state index contributed by atoms with van der Waals surface area (Å²) in [5, 5.41) is 3.75. The van der Waals surface area contributed by atoms with Gasteiger partial charge in [0.05, 0.1) is 5.60 Å². The van der Waals surface area contributed by atoms with Gasteiger partial charge in [0.1, 0.15) is 0 Å². The van der Waals surface area contributed by atoms with Crippen LogP contribution in [0.3, 0.4) is 0 Å². The van der Waals surface area contributed by atoms with Gasteiger partial charge in [-0.05, 0) is 63.8 Å². The van der Waals surface area contributed by atoms with Gasteiger partial charge in [0.15, 0.2) is 0 Å². The number of hydrogen-bond donors (Lipinski definition) is 1. The second-order valence-electron chi connectivity index (χ2n) is 7.03. The highest BCUT2D eigenvalue weighted by Gasteiger charge is 2.44. The molecule has 1 fully saturated rings. The summed E-state index contributed by atoms with van der Waals surface area (Å²) in [6.07, 6.45) is 10.3. The number of allylic oxidation sites excluding steroid dienone is 1. The minimum absolute atomic E-state index is 0.0441. The van der Waals surface area contributed by atoms with Crippen molar-refractivity contribution in [3.05, 3.63) is 12.7 Å². The molecule has 1 atom stereocenters. The lowest BCUT2D eigenvalue weighted by atomic mass is 9.67. The SMILES string of the molecule is C=CCCC(NCCC)C1(OCC)CCC(C)(C)CC1. The van der Waals surface area contributed by atoms with Gasteiger partial charge in [0, 0.05) is 12.6 Å². The Morgan fingerprint density at radius 3 is 2.35 bits per heavy atom. The quantitative estimate of drug-likeness (QED) is 0.619. The van der Waals surface area contributed by atoms with Crippen LogP contribution in [0.4, 0.5) is 0 Å². The van der Waals surface area contributed by atoms with E-state index in [1.807, 2.05) is 6.08 Å². The summed E-state index contributed by atoms with van der Waals surface area (Å²) < 4.78 is 6.32. The van der Waals surface area contributed by atoms with Crippen LogP contribution < -0.4 is 5.32 Å². The van der Waals surface area contributed by atoms with Gasteiger partial charge in [-0.15, -0.1) is 6.58 Å². The van der Waals surface area contributed by atoms with E-state index in [1.165, 1.54) is 32.1 Å². The minimum atomic E-state index is 0.0441. The smallest absolute Gasteiger partial charge is 0.0835 e. The van der Waals surface area contributed by atoms with Crippen molar-refractivity contribution in [1.29, 1.82) is 0 Å². The van der Waals surface area contributed by atoms with Gasteiger partial charge in [-0.25, -0.2) is 0 Å². The molecular weight excluding hydrogens is 246 g/mol. The molecule has 0 aromatic heterocycles. The van der Waals surface area contributed by atoms with Gasteiger partial charge in [-0.2, -0.15) is 0 Å². The van der Waals surface area contributed by atoms with Crippen LogP contribution in [0.1, 0.15) is 72.6 Å². The van der Waals surface area contributed by atoms with Crippen molar-refractivity contribution in [2.24, 2.45) is 5.41 Å². The maximum Gasteiger partial charge on any atom is 0.0835 e. The van der Waals surface area contributed by atoms with Gasteiger partial charge in [-0.3, -0.25) is 0 Å². The molecule has 1 saturated carbocycles. The molecule has 118 valence electrons.